The lowest BCUT2D eigenvalue weighted by Crippen LogP contribution is -2.38. The molecule has 0 saturated heterocycles. The summed E-state index contributed by atoms with van der Waals surface area (Å²) >= 11 is 0. The maximum atomic E-state index is 12.3. The molecule has 0 heterocycles. The molecule has 3 aliphatic rings. The van der Waals surface area contributed by atoms with Gasteiger partial charge in [0.15, 0.2) is 0 Å². The van der Waals surface area contributed by atoms with Gasteiger partial charge < -0.3 is 0 Å². The normalized spacial score (nSPS) is 52.2. The highest BCUT2D eigenvalue weighted by Gasteiger charge is 2.47. The van der Waals surface area contributed by atoms with Gasteiger partial charge in [-0.3, -0.25) is 4.79 Å². The molecule has 1 nitrogen and oxygen atoms in total. The van der Waals surface area contributed by atoms with Crippen molar-refractivity contribution in [3.8, 4) is 0 Å². The lowest BCUT2D eigenvalue weighted by molar-refractivity contribution is -0.131. The van der Waals surface area contributed by atoms with E-state index in [0.717, 1.165) is 24.2 Å². The van der Waals surface area contributed by atoms with E-state index in [1.54, 1.807) is 0 Å². The molecule has 0 radical (unpaired) electrons. The van der Waals surface area contributed by atoms with Crippen molar-refractivity contribution < 1.29 is 4.79 Å². The van der Waals surface area contributed by atoms with Crippen LogP contribution in [0.3, 0.4) is 0 Å². The number of ketones is 1. The van der Waals surface area contributed by atoms with Crippen LogP contribution in [-0.2, 0) is 4.79 Å². The van der Waals surface area contributed by atoms with Crippen LogP contribution in [0.15, 0.2) is 0 Å². The fourth-order valence-corrected chi connectivity index (χ4v) is 5.06. The van der Waals surface area contributed by atoms with Crippen molar-refractivity contribution in [1.29, 1.82) is 0 Å². The SMILES string of the molecule is C[C@@H]1CC(=O)[C@H]([C@H]2C[C@H]3CC[C@H]2C3)[C@@H](C)C1. The van der Waals surface area contributed by atoms with E-state index in [9.17, 15) is 4.79 Å². The van der Waals surface area contributed by atoms with Crippen LogP contribution in [-0.4, -0.2) is 5.78 Å². The highest BCUT2D eigenvalue weighted by Crippen LogP contribution is 2.54. The fraction of sp³-hybridized carbons (Fsp3) is 0.933. The monoisotopic (exact) mass is 220 g/mol. The molecule has 0 aromatic heterocycles. The van der Waals surface area contributed by atoms with E-state index in [-0.39, 0.29) is 0 Å². The first-order valence-electron chi connectivity index (χ1n) is 7.18. The summed E-state index contributed by atoms with van der Waals surface area (Å²) in [6.07, 6.45) is 7.83. The molecule has 3 aliphatic carbocycles. The molecule has 0 unspecified atom stereocenters. The molecule has 0 amide bonds. The molecule has 2 bridgehead atoms. The molecule has 90 valence electrons. The summed E-state index contributed by atoms with van der Waals surface area (Å²) < 4.78 is 0. The van der Waals surface area contributed by atoms with E-state index in [1.807, 2.05) is 0 Å². The second kappa shape index (κ2) is 3.85. The average molecular weight is 220 g/mol. The third-order valence-corrected chi connectivity index (χ3v) is 5.56. The topological polar surface area (TPSA) is 17.1 Å². The van der Waals surface area contributed by atoms with Gasteiger partial charge in [0.25, 0.3) is 0 Å². The van der Waals surface area contributed by atoms with Gasteiger partial charge in [-0.15, -0.1) is 0 Å². The highest BCUT2D eigenvalue weighted by atomic mass is 16.1. The molecule has 3 rings (SSSR count). The Bertz CT molecular complexity index is 296. The highest BCUT2D eigenvalue weighted by molar-refractivity contribution is 5.82. The number of hydrogen-bond acceptors (Lipinski definition) is 1. The Labute approximate surface area is 99.0 Å². The van der Waals surface area contributed by atoms with Gasteiger partial charge in [-0.25, -0.2) is 0 Å². The van der Waals surface area contributed by atoms with Crippen molar-refractivity contribution in [2.75, 3.05) is 0 Å². The third-order valence-electron chi connectivity index (χ3n) is 5.56. The van der Waals surface area contributed by atoms with Gasteiger partial charge in [-0.2, -0.15) is 0 Å². The molecule has 1 heteroatoms. The van der Waals surface area contributed by atoms with Crippen molar-refractivity contribution >= 4 is 5.78 Å². The molecular formula is C15H24O. The van der Waals surface area contributed by atoms with Crippen LogP contribution in [0, 0.1) is 35.5 Å². The summed E-state index contributed by atoms with van der Waals surface area (Å²) in [6.45, 7) is 4.57. The number of hydrogen-bond donors (Lipinski definition) is 0. The van der Waals surface area contributed by atoms with Crippen molar-refractivity contribution in [3.05, 3.63) is 0 Å². The zero-order valence-corrected chi connectivity index (χ0v) is 10.6. The molecule has 0 aliphatic heterocycles. The van der Waals surface area contributed by atoms with E-state index in [1.165, 1.54) is 32.1 Å². The number of Topliss-reactive ketones (excluding diaryl/α,β-unsaturated/α-hetero) is 1. The molecule has 3 fully saturated rings. The summed E-state index contributed by atoms with van der Waals surface area (Å²) in [5, 5.41) is 0. The van der Waals surface area contributed by atoms with Crippen molar-refractivity contribution in [2.24, 2.45) is 35.5 Å². The first-order chi connectivity index (χ1) is 7.65. The minimum Gasteiger partial charge on any atom is -0.299 e. The quantitative estimate of drug-likeness (QED) is 0.659. The number of rotatable bonds is 1. The van der Waals surface area contributed by atoms with Crippen LogP contribution >= 0.6 is 0 Å². The van der Waals surface area contributed by atoms with Gasteiger partial charge in [0.05, 0.1) is 0 Å². The predicted molar refractivity (Wildman–Crippen MR) is 65.0 cm³/mol. The number of carbonyl (C=O) groups excluding carboxylic acids is 1. The van der Waals surface area contributed by atoms with Crippen LogP contribution in [0.2, 0.25) is 0 Å². The minimum absolute atomic E-state index is 0.437. The lowest BCUT2D eigenvalue weighted by Gasteiger charge is -2.38. The lowest BCUT2D eigenvalue weighted by atomic mass is 9.65. The van der Waals surface area contributed by atoms with Crippen LogP contribution in [0.4, 0.5) is 0 Å². The summed E-state index contributed by atoms with van der Waals surface area (Å²) in [5.74, 6) is 4.99. The van der Waals surface area contributed by atoms with Crippen LogP contribution in [0.1, 0.15) is 52.4 Å². The first-order valence-corrected chi connectivity index (χ1v) is 7.18. The zero-order chi connectivity index (χ0) is 11.3. The van der Waals surface area contributed by atoms with Gasteiger partial charge in [-0.05, 0) is 55.3 Å². The average Bonchev–Trinajstić information content (AvgIpc) is 2.77. The van der Waals surface area contributed by atoms with Crippen LogP contribution in [0.25, 0.3) is 0 Å². The molecule has 0 aromatic rings. The molecular weight excluding hydrogens is 196 g/mol. The smallest absolute Gasteiger partial charge is 0.136 e. The zero-order valence-electron chi connectivity index (χ0n) is 10.6. The minimum atomic E-state index is 0.437. The summed E-state index contributed by atoms with van der Waals surface area (Å²) in [5.41, 5.74) is 0. The maximum Gasteiger partial charge on any atom is 0.136 e. The van der Waals surface area contributed by atoms with Gasteiger partial charge in [-0.1, -0.05) is 20.3 Å². The predicted octanol–water partition coefficient (Wildman–Crippen LogP) is 3.67. The second-order valence-electron chi connectivity index (χ2n) is 6.85. The van der Waals surface area contributed by atoms with Gasteiger partial charge in [0.2, 0.25) is 0 Å². The van der Waals surface area contributed by atoms with Crippen molar-refractivity contribution in [2.45, 2.75) is 52.4 Å². The van der Waals surface area contributed by atoms with Gasteiger partial charge in [0, 0.05) is 12.3 Å². The summed E-state index contributed by atoms with van der Waals surface area (Å²) in [6, 6.07) is 0. The van der Waals surface area contributed by atoms with E-state index < -0.39 is 0 Å². The Kier molecular flexibility index (Phi) is 2.60. The van der Waals surface area contributed by atoms with E-state index in [2.05, 4.69) is 13.8 Å². The van der Waals surface area contributed by atoms with E-state index >= 15 is 0 Å². The van der Waals surface area contributed by atoms with Crippen molar-refractivity contribution in [1.82, 2.24) is 0 Å². The van der Waals surface area contributed by atoms with E-state index in [0.29, 0.717) is 23.5 Å². The molecule has 3 saturated carbocycles. The largest absolute Gasteiger partial charge is 0.299 e. The Hall–Kier alpha value is -0.330. The Balaban J connectivity index is 1.76. The van der Waals surface area contributed by atoms with Crippen molar-refractivity contribution in [3.63, 3.8) is 0 Å². The molecule has 0 aromatic carbocycles. The van der Waals surface area contributed by atoms with E-state index in [4.69, 9.17) is 0 Å². The molecule has 0 spiro atoms. The first kappa shape index (κ1) is 10.8. The number of carbonyl (C=O) groups is 1. The van der Waals surface area contributed by atoms with Gasteiger partial charge in [0.1, 0.15) is 5.78 Å². The number of fused-ring (bicyclic) bond motifs is 2. The van der Waals surface area contributed by atoms with Crippen LogP contribution in [0.5, 0.6) is 0 Å². The molecule has 0 N–H and O–H groups in total. The third kappa shape index (κ3) is 1.63. The van der Waals surface area contributed by atoms with Crippen LogP contribution < -0.4 is 0 Å². The standard InChI is InChI=1S/C15H24O/c1-9-5-10(2)15(14(16)6-9)13-8-11-3-4-12(13)7-11/h9-13,15H,3-8H2,1-2H3/t9-,10-,11-,12-,13-,15-/m0/s1. The summed E-state index contributed by atoms with van der Waals surface area (Å²) in [4.78, 5) is 12.3. The Morgan fingerprint density at radius 1 is 1.06 bits per heavy atom. The fourth-order valence-electron chi connectivity index (χ4n) is 5.06. The molecule has 16 heavy (non-hydrogen) atoms. The Morgan fingerprint density at radius 3 is 2.44 bits per heavy atom. The summed E-state index contributed by atoms with van der Waals surface area (Å²) in [7, 11) is 0. The van der Waals surface area contributed by atoms with Gasteiger partial charge >= 0.3 is 0 Å². The second-order valence-corrected chi connectivity index (χ2v) is 6.85. The molecule has 6 atom stereocenters. The maximum absolute atomic E-state index is 12.3. The Morgan fingerprint density at radius 2 is 1.88 bits per heavy atom.